The molecule has 2 heterocycles. The molecule has 1 aliphatic heterocycles. The molecule has 26 heavy (non-hydrogen) atoms. The van der Waals surface area contributed by atoms with E-state index in [1.54, 1.807) is 4.90 Å². The lowest BCUT2D eigenvalue weighted by molar-refractivity contribution is 0.0288. The molecule has 2 fully saturated rings. The summed E-state index contributed by atoms with van der Waals surface area (Å²) < 4.78 is 7.91. The number of halogens is 1. The van der Waals surface area contributed by atoms with Crippen LogP contribution in [0.1, 0.15) is 64.5 Å². The first kappa shape index (κ1) is 19.0. The quantitative estimate of drug-likeness (QED) is 0.792. The van der Waals surface area contributed by atoms with Crippen LogP contribution in [0.4, 0.5) is 10.6 Å². The maximum Gasteiger partial charge on any atom is 0.410 e. The number of nitrogens with one attached hydrogen (secondary N) is 1. The van der Waals surface area contributed by atoms with Crippen LogP contribution in [0.2, 0.25) is 0 Å². The van der Waals surface area contributed by atoms with E-state index >= 15 is 0 Å². The highest BCUT2D eigenvalue weighted by Gasteiger charge is 2.34. The van der Waals surface area contributed by atoms with Crippen LogP contribution in [0.15, 0.2) is 4.60 Å². The van der Waals surface area contributed by atoms with Crippen molar-refractivity contribution in [2.75, 3.05) is 18.4 Å². The zero-order valence-electron chi connectivity index (χ0n) is 15.6. The summed E-state index contributed by atoms with van der Waals surface area (Å²) >= 11 is 3.41. The highest BCUT2D eigenvalue weighted by atomic mass is 79.9. The molecule has 1 aromatic heterocycles. The second kappa shape index (κ2) is 7.47. The summed E-state index contributed by atoms with van der Waals surface area (Å²) in [6.07, 6.45) is 5.15. The van der Waals surface area contributed by atoms with Crippen molar-refractivity contribution in [1.82, 2.24) is 14.7 Å². The van der Waals surface area contributed by atoms with Crippen molar-refractivity contribution in [2.45, 2.75) is 70.6 Å². The van der Waals surface area contributed by atoms with Gasteiger partial charge in [-0.2, -0.15) is 10.4 Å². The Morgan fingerprint density at radius 2 is 2.04 bits per heavy atom. The van der Waals surface area contributed by atoms with E-state index in [2.05, 4.69) is 32.4 Å². The summed E-state index contributed by atoms with van der Waals surface area (Å²) in [5.74, 6) is 0.766. The van der Waals surface area contributed by atoms with E-state index in [1.165, 1.54) is 12.8 Å². The zero-order valence-corrected chi connectivity index (χ0v) is 17.2. The van der Waals surface area contributed by atoms with Gasteiger partial charge in [0.05, 0.1) is 6.04 Å². The number of likely N-dealkylation sites (tertiary alicyclic amines) is 1. The molecule has 1 amide bonds. The molecule has 1 aliphatic carbocycles. The lowest BCUT2D eigenvalue weighted by atomic mass is 10.2. The van der Waals surface area contributed by atoms with Crippen LogP contribution < -0.4 is 5.32 Å². The van der Waals surface area contributed by atoms with Gasteiger partial charge < -0.3 is 15.0 Å². The van der Waals surface area contributed by atoms with Gasteiger partial charge in [-0.3, -0.25) is 0 Å². The van der Waals surface area contributed by atoms with Crippen LogP contribution in [-0.4, -0.2) is 45.5 Å². The molecule has 1 aromatic rings. The Kier molecular flexibility index (Phi) is 5.47. The summed E-state index contributed by atoms with van der Waals surface area (Å²) in [6.45, 7) is 6.76. The molecule has 0 unspecified atom stereocenters. The Morgan fingerprint density at radius 3 is 2.65 bits per heavy atom. The number of carbonyl (C=O) groups excluding carboxylic acids is 1. The molecule has 7 nitrogen and oxygen atoms in total. The van der Waals surface area contributed by atoms with Crippen LogP contribution in [-0.2, 0) is 4.74 Å². The predicted molar refractivity (Wildman–Crippen MR) is 102 cm³/mol. The lowest BCUT2D eigenvalue weighted by Crippen LogP contribution is -2.35. The number of rotatable bonds is 3. The second-order valence-corrected chi connectivity index (χ2v) is 8.82. The molecule has 8 heteroatoms. The van der Waals surface area contributed by atoms with Crippen LogP contribution in [0.25, 0.3) is 0 Å². The number of anilines is 1. The molecule has 0 bridgehead atoms. The van der Waals surface area contributed by atoms with Gasteiger partial charge in [0.25, 0.3) is 0 Å². The molecular formula is C18H26BrN5O2. The minimum Gasteiger partial charge on any atom is -0.444 e. The number of amides is 1. The van der Waals surface area contributed by atoms with E-state index in [-0.39, 0.29) is 12.1 Å². The largest absolute Gasteiger partial charge is 0.444 e. The topological polar surface area (TPSA) is 83.2 Å². The molecule has 1 atom stereocenters. The number of carbonyl (C=O) groups is 1. The van der Waals surface area contributed by atoms with E-state index in [4.69, 9.17) is 4.74 Å². The fraction of sp³-hybridized carbons (Fsp3) is 0.722. The highest BCUT2D eigenvalue weighted by Crippen LogP contribution is 2.33. The predicted octanol–water partition coefficient (Wildman–Crippen LogP) is 4.05. The van der Waals surface area contributed by atoms with E-state index in [0.29, 0.717) is 29.3 Å². The summed E-state index contributed by atoms with van der Waals surface area (Å²) in [4.78, 5) is 14.0. The average Bonchev–Trinajstić information content (AvgIpc) is 3.26. The number of aromatic nitrogens is 2. The van der Waals surface area contributed by atoms with Crippen LogP contribution in [0.5, 0.6) is 0 Å². The van der Waals surface area contributed by atoms with Gasteiger partial charge in [0, 0.05) is 19.1 Å². The van der Waals surface area contributed by atoms with Crippen molar-refractivity contribution in [3.63, 3.8) is 0 Å². The molecule has 142 valence electrons. The smallest absolute Gasteiger partial charge is 0.410 e. The number of ether oxygens (including phenoxy) is 1. The molecule has 0 radical (unpaired) electrons. The fourth-order valence-corrected chi connectivity index (χ4v) is 4.05. The van der Waals surface area contributed by atoms with E-state index < -0.39 is 5.60 Å². The lowest BCUT2D eigenvalue weighted by Gasteiger charge is -2.24. The molecule has 0 spiro atoms. The van der Waals surface area contributed by atoms with Crippen LogP contribution in [0, 0.1) is 11.3 Å². The van der Waals surface area contributed by atoms with Gasteiger partial charge in [-0.15, -0.1) is 0 Å². The molecule has 2 aliphatic rings. The van der Waals surface area contributed by atoms with Gasteiger partial charge in [0.2, 0.25) is 0 Å². The summed E-state index contributed by atoms with van der Waals surface area (Å²) in [7, 11) is 0. The van der Waals surface area contributed by atoms with Crippen molar-refractivity contribution in [3.8, 4) is 6.07 Å². The number of nitriles is 1. The SMILES string of the molecule is CC(C)(C)OC(=O)N1CC[C@H](n2nc(Br)c(C#N)c2NC2CCCC2)C1. The third kappa shape index (κ3) is 4.14. The fourth-order valence-electron chi connectivity index (χ4n) is 3.61. The van der Waals surface area contributed by atoms with Crippen LogP contribution >= 0.6 is 15.9 Å². The molecule has 0 aromatic carbocycles. The molecule has 1 saturated carbocycles. The van der Waals surface area contributed by atoms with Gasteiger partial charge in [0.15, 0.2) is 0 Å². The van der Waals surface area contributed by atoms with Gasteiger partial charge >= 0.3 is 6.09 Å². The van der Waals surface area contributed by atoms with E-state index in [0.717, 1.165) is 25.1 Å². The first-order valence-corrected chi connectivity index (χ1v) is 10.0. The number of hydrogen-bond donors (Lipinski definition) is 1. The Balaban J connectivity index is 1.77. The second-order valence-electron chi connectivity index (χ2n) is 8.07. The third-order valence-electron chi connectivity index (χ3n) is 4.84. The van der Waals surface area contributed by atoms with E-state index in [9.17, 15) is 10.1 Å². The minimum absolute atomic E-state index is 0.0322. The monoisotopic (exact) mass is 423 g/mol. The van der Waals surface area contributed by atoms with Gasteiger partial charge in [-0.1, -0.05) is 12.8 Å². The molecule has 3 rings (SSSR count). The van der Waals surface area contributed by atoms with Crippen molar-refractivity contribution in [3.05, 3.63) is 10.2 Å². The number of hydrogen-bond acceptors (Lipinski definition) is 5. The minimum atomic E-state index is -0.507. The maximum absolute atomic E-state index is 12.3. The Hall–Kier alpha value is -1.75. The molecule has 1 N–H and O–H groups in total. The molecule has 1 saturated heterocycles. The number of nitrogens with zero attached hydrogens (tertiary/aromatic N) is 4. The van der Waals surface area contributed by atoms with Crippen LogP contribution in [0.3, 0.4) is 0 Å². The molecular weight excluding hydrogens is 398 g/mol. The Morgan fingerprint density at radius 1 is 1.35 bits per heavy atom. The standard InChI is InChI=1S/C18H26BrN5O2/c1-18(2,3)26-17(25)23-9-8-13(11-23)24-16(14(10-20)15(19)22-24)21-12-6-4-5-7-12/h12-13,21H,4-9,11H2,1-3H3/t13-/m0/s1. The van der Waals surface area contributed by atoms with E-state index in [1.807, 2.05) is 25.5 Å². The highest BCUT2D eigenvalue weighted by molar-refractivity contribution is 9.10. The third-order valence-corrected chi connectivity index (χ3v) is 5.39. The van der Waals surface area contributed by atoms with Gasteiger partial charge in [-0.05, 0) is 56.0 Å². The van der Waals surface area contributed by atoms with Crippen molar-refractivity contribution in [1.29, 1.82) is 5.26 Å². The average molecular weight is 424 g/mol. The Labute approximate surface area is 162 Å². The maximum atomic E-state index is 12.3. The summed E-state index contributed by atoms with van der Waals surface area (Å²) in [6, 6.07) is 2.66. The Bertz CT molecular complexity index is 712. The van der Waals surface area contributed by atoms with Gasteiger partial charge in [0.1, 0.15) is 27.7 Å². The van der Waals surface area contributed by atoms with Crippen molar-refractivity contribution >= 4 is 27.8 Å². The first-order chi connectivity index (χ1) is 12.3. The normalized spacial score (nSPS) is 21.0. The summed E-state index contributed by atoms with van der Waals surface area (Å²) in [5.41, 5.74) is 0.0280. The van der Waals surface area contributed by atoms with Crippen molar-refractivity contribution in [2.24, 2.45) is 0 Å². The zero-order chi connectivity index (χ0) is 18.9. The summed E-state index contributed by atoms with van der Waals surface area (Å²) in [5, 5.41) is 17.6. The first-order valence-electron chi connectivity index (χ1n) is 9.21. The van der Waals surface area contributed by atoms with Crippen molar-refractivity contribution < 1.29 is 9.53 Å². The van der Waals surface area contributed by atoms with Gasteiger partial charge in [-0.25, -0.2) is 9.48 Å².